The van der Waals surface area contributed by atoms with E-state index in [0.29, 0.717) is 17.1 Å². The van der Waals surface area contributed by atoms with E-state index in [1.54, 1.807) is 48.5 Å². The van der Waals surface area contributed by atoms with Crippen LogP contribution >= 0.6 is 15.9 Å². The number of hydrogen-bond donors (Lipinski definition) is 1. The van der Waals surface area contributed by atoms with Gasteiger partial charge in [-0.3, -0.25) is 19.4 Å². The number of anilines is 2. The smallest absolute Gasteiger partial charge is 0.263 e. The molecule has 1 fully saturated rings. The van der Waals surface area contributed by atoms with E-state index in [9.17, 15) is 14.4 Å². The molecule has 2 aliphatic rings. The first-order valence-corrected chi connectivity index (χ1v) is 9.52. The predicted molar refractivity (Wildman–Crippen MR) is 107 cm³/mol. The van der Waals surface area contributed by atoms with Crippen LogP contribution in [0.3, 0.4) is 0 Å². The van der Waals surface area contributed by atoms with Gasteiger partial charge >= 0.3 is 0 Å². The van der Waals surface area contributed by atoms with Gasteiger partial charge in [-0.2, -0.15) is 5.11 Å². The lowest BCUT2D eigenvalue weighted by molar-refractivity contribution is -0.123. The van der Waals surface area contributed by atoms with Gasteiger partial charge in [-0.25, -0.2) is 4.90 Å². The molecule has 4 rings (SSSR count). The first-order chi connectivity index (χ1) is 14.0. The van der Waals surface area contributed by atoms with Crippen molar-refractivity contribution in [3.05, 3.63) is 53.0 Å². The fourth-order valence-corrected chi connectivity index (χ4v) is 3.48. The molecular formula is C19H16BrN5O4. The number of methoxy groups -OCH3 is 1. The van der Waals surface area contributed by atoms with E-state index >= 15 is 0 Å². The number of ether oxygens (including phenoxy) is 1. The number of carbonyl (C=O) groups excluding carboxylic acids is 3. The molecule has 2 aromatic rings. The van der Waals surface area contributed by atoms with Gasteiger partial charge in [-0.1, -0.05) is 21.2 Å². The fraction of sp³-hybridized carbons (Fsp3) is 0.211. The molecule has 10 heteroatoms. The Morgan fingerprint density at radius 1 is 1.10 bits per heavy atom. The molecule has 1 saturated heterocycles. The summed E-state index contributed by atoms with van der Waals surface area (Å²) >= 11 is 3.33. The number of fused-ring (bicyclic) bond motifs is 1. The van der Waals surface area contributed by atoms with E-state index in [0.717, 1.165) is 9.37 Å². The summed E-state index contributed by atoms with van der Waals surface area (Å²) in [7, 11) is 1.53. The molecule has 0 radical (unpaired) electrons. The molecule has 2 aromatic carbocycles. The van der Waals surface area contributed by atoms with Crippen LogP contribution in [0.15, 0.2) is 63.3 Å². The normalized spacial score (nSPS) is 20.2. The zero-order valence-corrected chi connectivity index (χ0v) is 16.9. The maximum atomic E-state index is 12.9. The van der Waals surface area contributed by atoms with Crippen LogP contribution in [0.25, 0.3) is 0 Å². The van der Waals surface area contributed by atoms with Crippen LogP contribution < -0.4 is 15.0 Å². The highest BCUT2D eigenvalue weighted by Crippen LogP contribution is 2.32. The number of rotatable bonds is 5. The van der Waals surface area contributed by atoms with Crippen LogP contribution in [0.5, 0.6) is 5.75 Å². The van der Waals surface area contributed by atoms with Crippen LogP contribution in [0, 0.1) is 0 Å². The van der Waals surface area contributed by atoms with Crippen molar-refractivity contribution in [1.29, 1.82) is 0 Å². The van der Waals surface area contributed by atoms with Gasteiger partial charge in [0, 0.05) is 10.2 Å². The molecule has 9 nitrogen and oxygen atoms in total. The van der Waals surface area contributed by atoms with Crippen LogP contribution in [-0.4, -0.2) is 48.5 Å². The molecule has 0 unspecified atom stereocenters. The van der Waals surface area contributed by atoms with E-state index in [2.05, 4.69) is 31.6 Å². The molecule has 0 saturated carbocycles. The third kappa shape index (κ3) is 3.58. The van der Waals surface area contributed by atoms with Gasteiger partial charge < -0.3 is 10.1 Å². The quantitative estimate of drug-likeness (QED) is 0.694. The molecule has 1 N–H and O–H groups in total. The highest BCUT2D eigenvalue weighted by molar-refractivity contribution is 9.10. The third-order valence-electron chi connectivity index (χ3n) is 4.62. The van der Waals surface area contributed by atoms with Crippen molar-refractivity contribution in [2.75, 3.05) is 23.9 Å². The molecule has 2 heterocycles. The largest absolute Gasteiger partial charge is 0.497 e. The van der Waals surface area contributed by atoms with Crippen molar-refractivity contribution in [2.24, 2.45) is 10.3 Å². The lowest BCUT2D eigenvalue weighted by atomic mass is 10.1. The van der Waals surface area contributed by atoms with Crippen molar-refractivity contribution in [2.45, 2.75) is 12.1 Å². The lowest BCUT2D eigenvalue weighted by Gasteiger charge is -2.20. The van der Waals surface area contributed by atoms with Crippen molar-refractivity contribution in [3.8, 4) is 5.75 Å². The molecule has 0 bridgehead atoms. The van der Waals surface area contributed by atoms with Gasteiger partial charge in [-0.05, 0) is 48.5 Å². The van der Waals surface area contributed by atoms with Crippen molar-refractivity contribution < 1.29 is 19.1 Å². The van der Waals surface area contributed by atoms with Crippen LogP contribution in [0.4, 0.5) is 11.4 Å². The molecule has 148 valence electrons. The Kier molecular flexibility index (Phi) is 5.01. The minimum Gasteiger partial charge on any atom is -0.497 e. The summed E-state index contributed by atoms with van der Waals surface area (Å²) in [5, 5.41) is 11.8. The molecule has 29 heavy (non-hydrogen) atoms. The number of benzene rings is 2. The first-order valence-electron chi connectivity index (χ1n) is 8.72. The predicted octanol–water partition coefficient (Wildman–Crippen LogP) is 2.39. The lowest BCUT2D eigenvalue weighted by Crippen LogP contribution is -2.43. The van der Waals surface area contributed by atoms with Crippen molar-refractivity contribution in [1.82, 2.24) is 5.01 Å². The second-order valence-corrected chi connectivity index (χ2v) is 7.37. The summed E-state index contributed by atoms with van der Waals surface area (Å²) < 4.78 is 5.99. The average Bonchev–Trinajstić information content (AvgIpc) is 3.23. The SMILES string of the molecule is COc1ccc(N2C(=O)[C@H]3N=NN(CC(=O)Nc4ccc(Br)cc4)[C@@H]3C2=O)cc1. The molecule has 2 aliphatic heterocycles. The maximum Gasteiger partial charge on any atom is 0.263 e. The number of nitrogens with zero attached hydrogens (tertiary/aromatic N) is 4. The van der Waals surface area contributed by atoms with E-state index in [4.69, 9.17) is 4.74 Å². The Balaban J connectivity index is 1.47. The number of carbonyl (C=O) groups is 3. The van der Waals surface area contributed by atoms with Gasteiger partial charge in [0.05, 0.1) is 12.8 Å². The summed E-state index contributed by atoms with van der Waals surface area (Å²) in [5.41, 5.74) is 1.03. The van der Waals surface area contributed by atoms with Gasteiger partial charge in [0.15, 0.2) is 12.1 Å². The molecule has 0 aliphatic carbocycles. The first kappa shape index (κ1) is 19.1. The van der Waals surface area contributed by atoms with Gasteiger partial charge in [0.25, 0.3) is 11.8 Å². The summed E-state index contributed by atoms with van der Waals surface area (Å²) in [6.45, 7) is -0.198. The van der Waals surface area contributed by atoms with Crippen molar-refractivity contribution >= 4 is 45.0 Å². The number of hydrogen-bond acceptors (Lipinski definition) is 7. The van der Waals surface area contributed by atoms with Gasteiger partial charge in [0.1, 0.15) is 12.3 Å². The molecule has 2 atom stereocenters. The zero-order chi connectivity index (χ0) is 20.5. The standard InChI is InChI=1S/C19H16BrN5O4/c1-29-14-8-6-13(7-9-14)25-18(27)16-17(19(25)28)24(23-22-16)10-15(26)21-12-4-2-11(20)3-5-12/h2-9,16-17H,10H2,1H3,(H,21,26)/t16-,17-/m0/s1. The van der Waals surface area contributed by atoms with E-state index in [1.165, 1.54) is 12.1 Å². The summed E-state index contributed by atoms with van der Waals surface area (Å²) in [6, 6.07) is 11.8. The Labute approximate surface area is 174 Å². The van der Waals surface area contributed by atoms with Gasteiger partial charge in [0.2, 0.25) is 5.91 Å². The van der Waals surface area contributed by atoms with Crippen LogP contribution in [-0.2, 0) is 14.4 Å². The minimum atomic E-state index is -0.954. The van der Waals surface area contributed by atoms with E-state index in [1.807, 2.05) is 0 Å². The number of halogens is 1. The van der Waals surface area contributed by atoms with E-state index < -0.39 is 23.9 Å². The van der Waals surface area contributed by atoms with Crippen molar-refractivity contribution in [3.63, 3.8) is 0 Å². The second kappa shape index (κ2) is 7.63. The number of amides is 3. The Morgan fingerprint density at radius 2 is 1.79 bits per heavy atom. The van der Waals surface area contributed by atoms with Crippen LogP contribution in [0.1, 0.15) is 0 Å². The highest BCUT2D eigenvalue weighted by Gasteiger charge is 2.55. The summed E-state index contributed by atoms with van der Waals surface area (Å²) in [6.07, 6.45) is 0. The number of imide groups is 1. The second-order valence-electron chi connectivity index (χ2n) is 6.46. The topological polar surface area (TPSA) is 104 Å². The fourth-order valence-electron chi connectivity index (χ4n) is 3.22. The Morgan fingerprint density at radius 3 is 2.45 bits per heavy atom. The van der Waals surface area contributed by atoms with E-state index in [-0.39, 0.29) is 12.5 Å². The third-order valence-corrected chi connectivity index (χ3v) is 5.15. The molecule has 0 aromatic heterocycles. The summed E-state index contributed by atoms with van der Waals surface area (Å²) in [5.74, 6) is -0.689. The Hall–Kier alpha value is -3.27. The molecule has 3 amide bonds. The summed E-state index contributed by atoms with van der Waals surface area (Å²) in [4.78, 5) is 39.0. The average molecular weight is 458 g/mol. The van der Waals surface area contributed by atoms with Gasteiger partial charge in [-0.15, -0.1) is 0 Å². The molecule has 0 spiro atoms. The minimum absolute atomic E-state index is 0.198. The number of nitrogens with one attached hydrogen (secondary N) is 1. The highest BCUT2D eigenvalue weighted by atomic mass is 79.9. The Bertz CT molecular complexity index is 993. The molecular weight excluding hydrogens is 442 g/mol. The monoisotopic (exact) mass is 457 g/mol. The maximum absolute atomic E-state index is 12.9. The van der Waals surface area contributed by atoms with Crippen LogP contribution in [0.2, 0.25) is 0 Å². The zero-order valence-electron chi connectivity index (χ0n) is 15.3.